The van der Waals surface area contributed by atoms with Gasteiger partial charge in [0.25, 0.3) is 0 Å². The Morgan fingerprint density at radius 1 is 1.08 bits per heavy atom. The Labute approximate surface area is 148 Å². The van der Waals surface area contributed by atoms with Crippen molar-refractivity contribution >= 4 is 5.69 Å². The van der Waals surface area contributed by atoms with Crippen molar-refractivity contribution in [2.45, 2.75) is 45.7 Å². The van der Waals surface area contributed by atoms with Gasteiger partial charge in [-0.05, 0) is 38.8 Å². The van der Waals surface area contributed by atoms with E-state index in [0.29, 0.717) is 0 Å². The molecule has 3 heterocycles. The van der Waals surface area contributed by atoms with Crippen molar-refractivity contribution in [3.63, 3.8) is 0 Å². The van der Waals surface area contributed by atoms with Crippen molar-refractivity contribution in [3.05, 3.63) is 60.1 Å². The lowest BCUT2D eigenvalue weighted by Gasteiger charge is -2.16. The number of nitrogens with zero attached hydrogens (tertiary/aromatic N) is 4. The molecule has 0 saturated carbocycles. The first kappa shape index (κ1) is 15.8. The monoisotopic (exact) mass is 333 g/mol. The van der Waals surface area contributed by atoms with Gasteiger partial charge < -0.3 is 9.88 Å². The molecule has 1 unspecified atom stereocenters. The van der Waals surface area contributed by atoms with Crippen LogP contribution in [0.4, 0.5) is 5.69 Å². The number of nitrogens with one attached hydrogen (secondary N) is 1. The van der Waals surface area contributed by atoms with Crippen LogP contribution < -0.4 is 5.32 Å². The molecule has 4 rings (SSSR count). The van der Waals surface area contributed by atoms with E-state index in [1.807, 2.05) is 6.92 Å². The number of rotatable bonds is 4. The van der Waals surface area contributed by atoms with Gasteiger partial charge >= 0.3 is 0 Å². The van der Waals surface area contributed by atoms with E-state index in [1.54, 1.807) is 12.4 Å². The fourth-order valence-electron chi connectivity index (χ4n) is 3.45. The number of benzene rings is 1. The zero-order chi connectivity index (χ0) is 17.2. The molecule has 0 bridgehead atoms. The van der Waals surface area contributed by atoms with E-state index >= 15 is 0 Å². The van der Waals surface area contributed by atoms with Gasteiger partial charge in [0.1, 0.15) is 5.82 Å². The summed E-state index contributed by atoms with van der Waals surface area (Å²) in [6.45, 7) is 5.19. The van der Waals surface area contributed by atoms with Crippen molar-refractivity contribution in [1.29, 1.82) is 0 Å². The molecule has 5 nitrogen and oxygen atoms in total. The summed E-state index contributed by atoms with van der Waals surface area (Å²) in [5.41, 5.74) is 5.25. The van der Waals surface area contributed by atoms with Gasteiger partial charge in [-0.3, -0.25) is 9.97 Å². The second-order valence-electron chi connectivity index (χ2n) is 6.66. The van der Waals surface area contributed by atoms with Crippen LogP contribution in [-0.4, -0.2) is 19.5 Å². The maximum absolute atomic E-state index is 4.80. The third-order valence-electron chi connectivity index (χ3n) is 4.80. The Kier molecular flexibility index (Phi) is 4.22. The maximum Gasteiger partial charge on any atom is 0.109 e. The summed E-state index contributed by atoms with van der Waals surface area (Å²) < 4.78 is 2.30. The van der Waals surface area contributed by atoms with Crippen molar-refractivity contribution in [2.75, 3.05) is 5.32 Å². The van der Waals surface area contributed by atoms with Gasteiger partial charge in [-0.1, -0.05) is 12.1 Å². The van der Waals surface area contributed by atoms with Gasteiger partial charge in [-0.15, -0.1) is 0 Å². The molecule has 25 heavy (non-hydrogen) atoms. The van der Waals surface area contributed by atoms with E-state index in [1.165, 1.54) is 18.7 Å². The van der Waals surface area contributed by atoms with Crippen molar-refractivity contribution in [3.8, 4) is 11.3 Å². The summed E-state index contributed by atoms with van der Waals surface area (Å²) in [6.07, 6.45) is 9.25. The second-order valence-corrected chi connectivity index (χ2v) is 6.66. The Balaban J connectivity index is 1.50. The SMILES string of the molecule is Cc1nccnc1C(C)Nc1ccc(-c2cn3c(n2)CCCC3)cc1. The molecule has 128 valence electrons. The van der Waals surface area contributed by atoms with Crippen LogP contribution in [0.1, 0.15) is 43.0 Å². The van der Waals surface area contributed by atoms with Crippen LogP contribution in [0.15, 0.2) is 42.9 Å². The summed E-state index contributed by atoms with van der Waals surface area (Å²) in [5.74, 6) is 1.22. The molecule has 1 aliphatic rings. The molecule has 0 saturated heterocycles. The molecule has 0 fully saturated rings. The van der Waals surface area contributed by atoms with E-state index < -0.39 is 0 Å². The zero-order valence-corrected chi connectivity index (χ0v) is 14.7. The summed E-state index contributed by atoms with van der Waals surface area (Å²) in [6, 6.07) is 8.59. The zero-order valence-electron chi connectivity index (χ0n) is 14.7. The molecule has 0 radical (unpaired) electrons. The summed E-state index contributed by atoms with van der Waals surface area (Å²) in [5, 5.41) is 3.50. The Bertz CT molecular complexity index is 843. The number of imidazole rings is 1. The van der Waals surface area contributed by atoms with Crippen LogP contribution in [0.3, 0.4) is 0 Å². The largest absolute Gasteiger partial charge is 0.377 e. The lowest BCUT2D eigenvalue weighted by Crippen LogP contribution is -2.10. The lowest BCUT2D eigenvalue weighted by molar-refractivity contribution is 0.522. The van der Waals surface area contributed by atoms with Crippen LogP contribution in [0.25, 0.3) is 11.3 Å². The summed E-state index contributed by atoms with van der Waals surface area (Å²) in [7, 11) is 0. The van der Waals surface area contributed by atoms with Gasteiger partial charge in [-0.25, -0.2) is 4.98 Å². The topological polar surface area (TPSA) is 55.6 Å². The van der Waals surface area contributed by atoms with E-state index in [9.17, 15) is 0 Å². The minimum absolute atomic E-state index is 0.111. The summed E-state index contributed by atoms with van der Waals surface area (Å²) >= 11 is 0. The van der Waals surface area contributed by atoms with Gasteiger partial charge in [-0.2, -0.15) is 0 Å². The molecule has 0 amide bonds. The second kappa shape index (κ2) is 6.67. The number of fused-ring (bicyclic) bond motifs is 1. The highest BCUT2D eigenvalue weighted by molar-refractivity contribution is 5.62. The van der Waals surface area contributed by atoms with Crippen LogP contribution in [0.2, 0.25) is 0 Å². The Morgan fingerprint density at radius 3 is 2.64 bits per heavy atom. The highest BCUT2D eigenvalue weighted by Gasteiger charge is 2.14. The van der Waals surface area contributed by atoms with Gasteiger partial charge in [0.15, 0.2) is 0 Å². The highest BCUT2D eigenvalue weighted by atomic mass is 15.1. The van der Waals surface area contributed by atoms with E-state index in [-0.39, 0.29) is 6.04 Å². The molecular weight excluding hydrogens is 310 g/mol. The third kappa shape index (κ3) is 3.27. The summed E-state index contributed by atoms with van der Waals surface area (Å²) in [4.78, 5) is 13.5. The first-order chi connectivity index (χ1) is 12.2. The number of anilines is 1. The van der Waals surface area contributed by atoms with Gasteiger partial charge in [0.05, 0.1) is 23.1 Å². The molecule has 5 heteroatoms. The molecular formula is C20H23N5. The Morgan fingerprint density at radius 2 is 1.88 bits per heavy atom. The van der Waals surface area contributed by atoms with Gasteiger partial charge in [0, 0.05) is 42.8 Å². The van der Waals surface area contributed by atoms with Crippen molar-refractivity contribution in [2.24, 2.45) is 0 Å². The van der Waals surface area contributed by atoms with Crippen LogP contribution in [0.5, 0.6) is 0 Å². The lowest BCUT2D eigenvalue weighted by atomic mass is 10.1. The molecule has 1 N–H and O–H groups in total. The third-order valence-corrected chi connectivity index (χ3v) is 4.80. The van der Waals surface area contributed by atoms with E-state index in [4.69, 9.17) is 4.98 Å². The predicted octanol–water partition coefficient (Wildman–Crippen LogP) is 4.16. The highest BCUT2D eigenvalue weighted by Crippen LogP contribution is 2.25. The Hall–Kier alpha value is -2.69. The minimum Gasteiger partial charge on any atom is -0.377 e. The number of hydrogen-bond donors (Lipinski definition) is 1. The number of aryl methyl sites for hydroxylation is 3. The average Bonchev–Trinajstić information content (AvgIpc) is 3.07. The first-order valence-corrected chi connectivity index (χ1v) is 8.91. The molecule has 1 aromatic carbocycles. The van der Waals surface area contributed by atoms with Crippen LogP contribution in [0, 0.1) is 6.92 Å². The minimum atomic E-state index is 0.111. The standard InChI is InChI=1S/C20H23N5/c1-14-20(22-11-10-21-14)15(2)23-17-8-6-16(7-9-17)18-13-25-12-4-3-5-19(25)24-18/h6-11,13,15,23H,3-5,12H2,1-2H3. The molecule has 1 atom stereocenters. The van der Waals surface area contributed by atoms with E-state index in [0.717, 1.165) is 41.3 Å². The van der Waals surface area contributed by atoms with Crippen LogP contribution >= 0.6 is 0 Å². The number of hydrogen-bond acceptors (Lipinski definition) is 4. The molecule has 1 aliphatic heterocycles. The fourth-order valence-corrected chi connectivity index (χ4v) is 3.45. The quantitative estimate of drug-likeness (QED) is 0.779. The average molecular weight is 333 g/mol. The van der Waals surface area contributed by atoms with Crippen molar-refractivity contribution < 1.29 is 0 Å². The molecule has 2 aromatic heterocycles. The van der Waals surface area contributed by atoms with E-state index in [2.05, 4.69) is 57.2 Å². The van der Waals surface area contributed by atoms with Crippen LogP contribution in [-0.2, 0) is 13.0 Å². The van der Waals surface area contributed by atoms with Gasteiger partial charge in [0.2, 0.25) is 0 Å². The normalized spacial score (nSPS) is 14.8. The fraction of sp³-hybridized carbons (Fsp3) is 0.350. The van der Waals surface area contributed by atoms with Crippen molar-refractivity contribution in [1.82, 2.24) is 19.5 Å². The molecule has 3 aromatic rings. The first-order valence-electron chi connectivity index (χ1n) is 8.91. The smallest absolute Gasteiger partial charge is 0.109 e. The maximum atomic E-state index is 4.80. The predicted molar refractivity (Wildman–Crippen MR) is 99.4 cm³/mol. The molecule has 0 spiro atoms. The number of aromatic nitrogens is 4. The molecule has 0 aliphatic carbocycles.